The van der Waals surface area contributed by atoms with Gasteiger partial charge in [-0.25, -0.2) is 0 Å². The Labute approximate surface area is 316 Å². The van der Waals surface area contributed by atoms with Crippen LogP contribution in [0.2, 0.25) is 0 Å². The first-order valence-electron chi connectivity index (χ1n) is 21.8. The Morgan fingerprint density at radius 1 is 0.275 bits per heavy atom. The monoisotopic (exact) mass is 733 g/mol. The third kappa shape index (κ3) is 31.7. The lowest BCUT2D eigenvalue weighted by Gasteiger charge is -2.33. The van der Waals surface area contributed by atoms with Crippen molar-refractivity contribution in [3.63, 3.8) is 0 Å². The maximum absolute atomic E-state index is 9.56. The molecular weight excluding hydrogens is 644 g/mol. The molecule has 51 heavy (non-hydrogen) atoms. The fourth-order valence-electron chi connectivity index (χ4n) is 6.26. The molecule has 0 aliphatic rings. The highest BCUT2D eigenvalue weighted by Gasteiger charge is 2.33. The molecule has 0 amide bonds. The number of unbranched alkanes of at least 4 members (excludes halogenated alkanes) is 21. The third-order valence-corrected chi connectivity index (χ3v) is 10.1. The highest BCUT2D eigenvalue weighted by atomic mass is 16.5. The Hall–Kier alpha value is -0.320. The third-order valence-electron chi connectivity index (χ3n) is 10.1. The highest BCUT2D eigenvalue weighted by Crippen LogP contribution is 2.23. The van der Waals surface area contributed by atoms with Crippen LogP contribution in [0.4, 0.5) is 0 Å². The minimum absolute atomic E-state index is 0.103. The van der Waals surface area contributed by atoms with E-state index in [0.29, 0.717) is 46.1 Å². The topological polar surface area (TPSA) is 107 Å². The van der Waals surface area contributed by atoms with Crippen molar-refractivity contribution in [2.75, 3.05) is 85.9 Å². The van der Waals surface area contributed by atoms with Crippen molar-refractivity contribution in [1.29, 1.82) is 0 Å². The molecule has 0 rings (SSSR count). The summed E-state index contributed by atoms with van der Waals surface area (Å²) >= 11 is 0. The molecular formula is C43H88O8. The maximum atomic E-state index is 9.56. The van der Waals surface area contributed by atoms with Gasteiger partial charge in [0.05, 0.1) is 63.7 Å². The first-order valence-corrected chi connectivity index (χ1v) is 21.8. The zero-order valence-electron chi connectivity index (χ0n) is 34.3. The standard InChI is InChI=1S/C43H88O8/c1-4-7-10-13-16-19-22-25-29-47-38-43(39-48-30-26-23-20-17-14-11-8-5-2,40-49-31-27-24-21-18-15-12-9-6-3)41-51-33-28-32-50-37-42(34-44,35-45)36-46/h44-46H,4-41H2,1-3H3. The molecule has 0 aliphatic carbocycles. The summed E-state index contributed by atoms with van der Waals surface area (Å²) in [5, 5.41) is 28.7. The predicted octanol–water partition coefficient (Wildman–Crippen LogP) is 9.83. The first-order chi connectivity index (χ1) is 25.1. The second kappa shape index (κ2) is 39.4. The maximum Gasteiger partial charge on any atom is 0.0637 e. The molecule has 0 atom stereocenters. The van der Waals surface area contributed by atoms with Crippen LogP contribution in [0, 0.1) is 10.8 Å². The van der Waals surface area contributed by atoms with E-state index >= 15 is 0 Å². The zero-order chi connectivity index (χ0) is 37.4. The molecule has 0 aromatic rings. The van der Waals surface area contributed by atoms with Gasteiger partial charge in [0.2, 0.25) is 0 Å². The molecule has 0 bridgehead atoms. The summed E-state index contributed by atoms with van der Waals surface area (Å²) in [6.07, 6.45) is 31.4. The average molecular weight is 733 g/mol. The van der Waals surface area contributed by atoms with E-state index < -0.39 is 5.41 Å². The number of aliphatic hydroxyl groups is 3. The molecule has 0 unspecified atom stereocenters. The second-order valence-electron chi connectivity index (χ2n) is 15.5. The average Bonchev–Trinajstić information content (AvgIpc) is 3.15. The van der Waals surface area contributed by atoms with Crippen molar-refractivity contribution in [2.45, 2.75) is 181 Å². The largest absolute Gasteiger partial charge is 0.396 e. The van der Waals surface area contributed by atoms with Crippen LogP contribution in [0.15, 0.2) is 0 Å². The van der Waals surface area contributed by atoms with Gasteiger partial charge in [-0.2, -0.15) is 0 Å². The van der Waals surface area contributed by atoms with Crippen LogP contribution in [0.1, 0.15) is 181 Å². The van der Waals surface area contributed by atoms with E-state index in [1.54, 1.807) is 0 Å². The van der Waals surface area contributed by atoms with E-state index in [1.807, 2.05) is 0 Å². The number of aliphatic hydroxyl groups excluding tert-OH is 3. The zero-order valence-corrected chi connectivity index (χ0v) is 34.3. The fourth-order valence-corrected chi connectivity index (χ4v) is 6.26. The molecule has 0 aromatic carbocycles. The SMILES string of the molecule is CCCCCCCCCCOCC(COCCCCCCCCCC)(COCCCCCCCCCC)COCCCOCC(CO)(CO)CO. The van der Waals surface area contributed by atoms with Gasteiger partial charge in [-0.05, 0) is 25.7 Å². The van der Waals surface area contributed by atoms with E-state index in [2.05, 4.69) is 20.8 Å². The summed E-state index contributed by atoms with van der Waals surface area (Å²) in [5.74, 6) is 0. The molecule has 0 saturated heterocycles. The lowest BCUT2D eigenvalue weighted by molar-refractivity contribution is -0.109. The Morgan fingerprint density at radius 2 is 0.490 bits per heavy atom. The van der Waals surface area contributed by atoms with Crippen LogP contribution in [0.3, 0.4) is 0 Å². The van der Waals surface area contributed by atoms with Crippen molar-refractivity contribution >= 4 is 0 Å². The van der Waals surface area contributed by atoms with Gasteiger partial charge < -0.3 is 39.0 Å². The van der Waals surface area contributed by atoms with Gasteiger partial charge in [0, 0.05) is 33.0 Å². The van der Waals surface area contributed by atoms with Crippen molar-refractivity contribution in [3.8, 4) is 0 Å². The van der Waals surface area contributed by atoms with Crippen LogP contribution < -0.4 is 0 Å². The normalized spacial score (nSPS) is 12.4. The smallest absolute Gasteiger partial charge is 0.0637 e. The van der Waals surface area contributed by atoms with Gasteiger partial charge >= 0.3 is 0 Å². The van der Waals surface area contributed by atoms with E-state index in [9.17, 15) is 15.3 Å². The lowest BCUT2D eigenvalue weighted by Crippen LogP contribution is -2.42. The summed E-state index contributed by atoms with van der Waals surface area (Å²) in [6, 6.07) is 0. The quantitative estimate of drug-likeness (QED) is 0.0532. The van der Waals surface area contributed by atoms with Crippen LogP contribution in [-0.4, -0.2) is 101 Å². The Kier molecular flexibility index (Phi) is 39.1. The van der Waals surface area contributed by atoms with Gasteiger partial charge in [-0.1, -0.05) is 156 Å². The van der Waals surface area contributed by atoms with Crippen LogP contribution in [-0.2, 0) is 23.7 Å². The Morgan fingerprint density at radius 3 is 0.745 bits per heavy atom. The molecule has 0 radical (unpaired) electrons. The molecule has 0 spiro atoms. The minimum atomic E-state index is -1.01. The minimum Gasteiger partial charge on any atom is -0.396 e. The van der Waals surface area contributed by atoms with E-state index in [0.717, 1.165) is 39.1 Å². The predicted molar refractivity (Wildman–Crippen MR) is 213 cm³/mol. The summed E-state index contributed by atoms with van der Waals surface area (Å²) in [6.45, 7) is 11.3. The van der Waals surface area contributed by atoms with Gasteiger partial charge in [-0.3, -0.25) is 0 Å². The molecule has 0 aromatic heterocycles. The number of rotatable bonds is 44. The molecule has 308 valence electrons. The van der Waals surface area contributed by atoms with E-state index in [4.69, 9.17) is 23.7 Å². The van der Waals surface area contributed by atoms with E-state index in [1.165, 1.54) is 135 Å². The summed E-state index contributed by atoms with van der Waals surface area (Å²) in [4.78, 5) is 0. The molecule has 8 nitrogen and oxygen atoms in total. The number of ether oxygens (including phenoxy) is 5. The Balaban J connectivity index is 5.04. The van der Waals surface area contributed by atoms with Gasteiger partial charge in [0.15, 0.2) is 0 Å². The lowest BCUT2D eigenvalue weighted by atomic mass is 9.92. The van der Waals surface area contributed by atoms with Crippen molar-refractivity contribution in [3.05, 3.63) is 0 Å². The van der Waals surface area contributed by atoms with E-state index in [-0.39, 0.29) is 31.8 Å². The van der Waals surface area contributed by atoms with Crippen LogP contribution in [0.5, 0.6) is 0 Å². The summed E-state index contributed by atoms with van der Waals surface area (Å²) in [7, 11) is 0. The molecule has 8 heteroatoms. The van der Waals surface area contributed by atoms with Crippen LogP contribution in [0.25, 0.3) is 0 Å². The molecule has 3 N–H and O–H groups in total. The highest BCUT2D eigenvalue weighted by molar-refractivity contribution is 4.80. The Bertz CT molecular complexity index is 592. The van der Waals surface area contributed by atoms with Crippen molar-refractivity contribution < 1.29 is 39.0 Å². The fraction of sp³-hybridized carbons (Fsp3) is 1.00. The van der Waals surface area contributed by atoms with Gasteiger partial charge in [-0.15, -0.1) is 0 Å². The van der Waals surface area contributed by atoms with Crippen molar-refractivity contribution in [2.24, 2.45) is 10.8 Å². The molecule has 0 saturated carbocycles. The second-order valence-corrected chi connectivity index (χ2v) is 15.5. The van der Waals surface area contributed by atoms with Gasteiger partial charge in [0.1, 0.15) is 0 Å². The molecule has 0 fully saturated rings. The summed E-state index contributed by atoms with van der Waals surface area (Å²) < 4.78 is 31.0. The van der Waals surface area contributed by atoms with Crippen LogP contribution >= 0.6 is 0 Å². The number of hydrogen-bond acceptors (Lipinski definition) is 8. The van der Waals surface area contributed by atoms with Gasteiger partial charge in [0.25, 0.3) is 0 Å². The number of hydrogen-bond donors (Lipinski definition) is 3. The van der Waals surface area contributed by atoms with Crippen molar-refractivity contribution in [1.82, 2.24) is 0 Å². The molecule has 0 heterocycles. The molecule has 0 aliphatic heterocycles. The first kappa shape index (κ1) is 50.7. The summed E-state index contributed by atoms with van der Waals surface area (Å²) in [5.41, 5.74) is -1.39.